The SMILES string of the molecule is CCCNC(CN(C)CCOCC)C(C)CC. The summed E-state index contributed by atoms with van der Waals surface area (Å²) >= 11 is 0. The molecule has 0 fully saturated rings. The molecular weight excluding hydrogens is 212 g/mol. The van der Waals surface area contributed by atoms with Crippen molar-refractivity contribution in [3.05, 3.63) is 0 Å². The summed E-state index contributed by atoms with van der Waals surface area (Å²) in [6.07, 6.45) is 2.44. The summed E-state index contributed by atoms with van der Waals surface area (Å²) in [7, 11) is 2.18. The van der Waals surface area contributed by atoms with Crippen LogP contribution in [0.15, 0.2) is 0 Å². The van der Waals surface area contributed by atoms with Gasteiger partial charge in [0.25, 0.3) is 0 Å². The number of hydrogen-bond acceptors (Lipinski definition) is 3. The Balaban J connectivity index is 3.94. The third-order valence-corrected chi connectivity index (χ3v) is 3.32. The smallest absolute Gasteiger partial charge is 0.0593 e. The molecule has 0 aliphatic rings. The number of hydrogen-bond donors (Lipinski definition) is 1. The van der Waals surface area contributed by atoms with Crippen LogP contribution in [-0.4, -0.2) is 50.8 Å². The van der Waals surface area contributed by atoms with E-state index in [0.29, 0.717) is 6.04 Å². The monoisotopic (exact) mass is 244 g/mol. The van der Waals surface area contributed by atoms with Gasteiger partial charge in [0.1, 0.15) is 0 Å². The summed E-state index contributed by atoms with van der Waals surface area (Å²) in [6, 6.07) is 0.603. The van der Waals surface area contributed by atoms with Gasteiger partial charge < -0.3 is 15.0 Å². The fourth-order valence-electron chi connectivity index (χ4n) is 1.85. The normalized spacial score (nSPS) is 15.2. The minimum atomic E-state index is 0.603. The van der Waals surface area contributed by atoms with Crippen LogP contribution in [0.2, 0.25) is 0 Å². The van der Waals surface area contributed by atoms with Crippen LogP contribution in [0.3, 0.4) is 0 Å². The first-order valence-corrected chi connectivity index (χ1v) is 7.15. The van der Waals surface area contributed by atoms with Crippen molar-refractivity contribution in [3.63, 3.8) is 0 Å². The van der Waals surface area contributed by atoms with E-state index in [1.54, 1.807) is 0 Å². The second-order valence-electron chi connectivity index (χ2n) is 4.91. The van der Waals surface area contributed by atoms with Crippen molar-refractivity contribution >= 4 is 0 Å². The summed E-state index contributed by atoms with van der Waals surface area (Å²) in [4.78, 5) is 2.37. The topological polar surface area (TPSA) is 24.5 Å². The molecule has 3 heteroatoms. The molecule has 0 aromatic rings. The highest BCUT2D eigenvalue weighted by Crippen LogP contribution is 2.08. The molecule has 0 aromatic carbocycles. The molecule has 0 amide bonds. The highest BCUT2D eigenvalue weighted by Gasteiger charge is 2.16. The number of likely N-dealkylation sites (N-methyl/N-ethyl adjacent to an activating group) is 1. The average Bonchev–Trinajstić information content (AvgIpc) is 2.33. The van der Waals surface area contributed by atoms with Crippen LogP contribution in [0.25, 0.3) is 0 Å². The Hall–Kier alpha value is -0.120. The van der Waals surface area contributed by atoms with Gasteiger partial charge in [-0.2, -0.15) is 0 Å². The van der Waals surface area contributed by atoms with Crippen molar-refractivity contribution < 1.29 is 4.74 Å². The summed E-state index contributed by atoms with van der Waals surface area (Å²) < 4.78 is 5.39. The average molecular weight is 244 g/mol. The van der Waals surface area contributed by atoms with Gasteiger partial charge in [0.05, 0.1) is 6.61 Å². The molecule has 2 unspecified atom stereocenters. The van der Waals surface area contributed by atoms with Crippen LogP contribution in [0.1, 0.15) is 40.5 Å². The molecule has 0 spiro atoms. The fourth-order valence-corrected chi connectivity index (χ4v) is 1.85. The van der Waals surface area contributed by atoms with Crippen LogP contribution in [0.5, 0.6) is 0 Å². The Labute approximate surface area is 108 Å². The van der Waals surface area contributed by atoms with E-state index in [-0.39, 0.29) is 0 Å². The van der Waals surface area contributed by atoms with Gasteiger partial charge in [0.15, 0.2) is 0 Å². The Kier molecular flexibility index (Phi) is 10.9. The number of rotatable bonds is 11. The maximum atomic E-state index is 5.39. The first-order valence-electron chi connectivity index (χ1n) is 7.15. The highest BCUT2D eigenvalue weighted by molar-refractivity contribution is 4.75. The number of nitrogens with zero attached hydrogens (tertiary/aromatic N) is 1. The first kappa shape index (κ1) is 16.9. The van der Waals surface area contributed by atoms with E-state index in [9.17, 15) is 0 Å². The van der Waals surface area contributed by atoms with E-state index in [4.69, 9.17) is 4.74 Å². The Morgan fingerprint density at radius 1 is 1.24 bits per heavy atom. The minimum absolute atomic E-state index is 0.603. The molecule has 0 aliphatic carbocycles. The van der Waals surface area contributed by atoms with Crippen molar-refractivity contribution in [1.29, 1.82) is 0 Å². The van der Waals surface area contributed by atoms with Gasteiger partial charge in [-0.05, 0) is 32.9 Å². The molecule has 0 saturated heterocycles. The van der Waals surface area contributed by atoms with Gasteiger partial charge in [-0.25, -0.2) is 0 Å². The van der Waals surface area contributed by atoms with Crippen LogP contribution in [0, 0.1) is 5.92 Å². The summed E-state index contributed by atoms with van der Waals surface area (Å²) in [6.45, 7) is 13.8. The van der Waals surface area contributed by atoms with Crippen LogP contribution in [-0.2, 0) is 4.74 Å². The molecule has 2 atom stereocenters. The molecule has 0 radical (unpaired) electrons. The molecule has 17 heavy (non-hydrogen) atoms. The van der Waals surface area contributed by atoms with Gasteiger partial charge in [-0.3, -0.25) is 0 Å². The second-order valence-corrected chi connectivity index (χ2v) is 4.91. The van der Waals surface area contributed by atoms with E-state index in [0.717, 1.165) is 38.8 Å². The largest absolute Gasteiger partial charge is 0.380 e. The molecule has 0 saturated carbocycles. The Bertz CT molecular complexity index is 164. The van der Waals surface area contributed by atoms with Gasteiger partial charge in [0, 0.05) is 25.7 Å². The third kappa shape index (κ3) is 8.58. The zero-order valence-electron chi connectivity index (χ0n) is 12.5. The van der Waals surface area contributed by atoms with Crippen molar-refractivity contribution in [3.8, 4) is 0 Å². The highest BCUT2D eigenvalue weighted by atomic mass is 16.5. The Morgan fingerprint density at radius 2 is 1.94 bits per heavy atom. The molecule has 0 aromatic heterocycles. The number of ether oxygens (including phenoxy) is 1. The predicted molar refractivity (Wildman–Crippen MR) is 75.5 cm³/mol. The van der Waals surface area contributed by atoms with E-state index in [1.807, 2.05) is 6.92 Å². The third-order valence-electron chi connectivity index (χ3n) is 3.32. The van der Waals surface area contributed by atoms with Crippen molar-refractivity contribution in [2.24, 2.45) is 5.92 Å². The maximum absolute atomic E-state index is 5.39. The first-order chi connectivity index (χ1) is 8.15. The van der Waals surface area contributed by atoms with Gasteiger partial charge in [0.2, 0.25) is 0 Å². The van der Waals surface area contributed by atoms with Crippen molar-refractivity contribution in [2.75, 3.05) is 39.9 Å². The fraction of sp³-hybridized carbons (Fsp3) is 1.00. The maximum Gasteiger partial charge on any atom is 0.0593 e. The van der Waals surface area contributed by atoms with Gasteiger partial charge in [-0.15, -0.1) is 0 Å². The second kappa shape index (κ2) is 11.0. The van der Waals surface area contributed by atoms with Crippen LogP contribution >= 0.6 is 0 Å². The molecule has 3 nitrogen and oxygen atoms in total. The molecular formula is C14H32N2O. The summed E-state index contributed by atoms with van der Waals surface area (Å²) in [5.41, 5.74) is 0. The molecule has 0 bridgehead atoms. The molecule has 0 heterocycles. The van der Waals surface area contributed by atoms with Gasteiger partial charge >= 0.3 is 0 Å². The summed E-state index contributed by atoms with van der Waals surface area (Å²) in [5.74, 6) is 0.732. The van der Waals surface area contributed by atoms with Crippen molar-refractivity contribution in [1.82, 2.24) is 10.2 Å². The molecule has 1 N–H and O–H groups in total. The lowest BCUT2D eigenvalue weighted by Gasteiger charge is -2.29. The molecule has 0 rings (SSSR count). The molecule has 0 aliphatic heterocycles. The lowest BCUT2D eigenvalue weighted by atomic mass is 9.98. The summed E-state index contributed by atoms with van der Waals surface area (Å²) in [5, 5.41) is 3.66. The Morgan fingerprint density at radius 3 is 2.47 bits per heavy atom. The standard InChI is InChI=1S/C14H32N2O/c1-6-9-15-14(13(4)7-2)12-16(5)10-11-17-8-3/h13-15H,6-12H2,1-5H3. The molecule has 104 valence electrons. The lowest BCUT2D eigenvalue weighted by molar-refractivity contribution is 0.115. The van der Waals surface area contributed by atoms with E-state index >= 15 is 0 Å². The zero-order valence-corrected chi connectivity index (χ0v) is 12.5. The predicted octanol–water partition coefficient (Wildman–Crippen LogP) is 2.37. The minimum Gasteiger partial charge on any atom is -0.380 e. The van der Waals surface area contributed by atoms with E-state index in [1.165, 1.54) is 12.8 Å². The zero-order chi connectivity index (χ0) is 13.1. The van der Waals surface area contributed by atoms with Crippen LogP contribution < -0.4 is 5.32 Å². The van der Waals surface area contributed by atoms with E-state index in [2.05, 4.69) is 38.0 Å². The number of nitrogens with one attached hydrogen (secondary N) is 1. The quantitative estimate of drug-likeness (QED) is 0.565. The van der Waals surface area contributed by atoms with Crippen LogP contribution in [0.4, 0.5) is 0 Å². The van der Waals surface area contributed by atoms with Crippen molar-refractivity contribution in [2.45, 2.75) is 46.6 Å². The van der Waals surface area contributed by atoms with Gasteiger partial charge in [-0.1, -0.05) is 27.2 Å². The van der Waals surface area contributed by atoms with E-state index < -0.39 is 0 Å². The lowest BCUT2D eigenvalue weighted by Crippen LogP contribution is -2.44.